The van der Waals surface area contributed by atoms with E-state index in [9.17, 15) is 0 Å². The van der Waals surface area contributed by atoms with Crippen LogP contribution >= 0.6 is 0 Å². The number of hydrogen-bond donors (Lipinski definition) is 0. The van der Waals surface area contributed by atoms with Crippen molar-refractivity contribution in [3.63, 3.8) is 0 Å². The van der Waals surface area contributed by atoms with Crippen LogP contribution < -0.4 is 0 Å². The average Bonchev–Trinajstić information content (AvgIpc) is 2.03. The summed E-state index contributed by atoms with van der Waals surface area (Å²) < 4.78 is 0. The first-order valence-electron chi connectivity index (χ1n) is 6.39. The zero-order valence-corrected chi connectivity index (χ0v) is 11.2. The molecule has 0 saturated heterocycles. The molecular formula is C14H30. The van der Waals surface area contributed by atoms with Crippen LogP contribution in [0.4, 0.5) is 0 Å². The van der Waals surface area contributed by atoms with Crippen molar-refractivity contribution in [2.75, 3.05) is 0 Å². The van der Waals surface area contributed by atoms with Gasteiger partial charge in [-0.15, -0.1) is 0 Å². The predicted octanol–water partition coefficient (Wildman–Crippen LogP) is 5.28. The summed E-state index contributed by atoms with van der Waals surface area (Å²) in [5, 5.41) is 0. The molecule has 0 saturated carbocycles. The Balaban J connectivity index is 3.62. The van der Waals surface area contributed by atoms with Gasteiger partial charge in [-0.05, 0) is 30.1 Å². The number of hydrogen-bond acceptors (Lipinski definition) is 0. The molecule has 0 rings (SSSR count). The second-order valence-electron chi connectivity index (χ2n) is 6.03. The highest BCUT2D eigenvalue weighted by Crippen LogP contribution is 2.30. The molecule has 0 heterocycles. The maximum atomic E-state index is 2.41. The van der Waals surface area contributed by atoms with Gasteiger partial charge in [0.25, 0.3) is 0 Å². The maximum absolute atomic E-state index is 2.41. The molecule has 1 atom stereocenters. The van der Waals surface area contributed by atoms with Crippen LogP contribution in [0, 0.1) is 17.3 Å². The molecule has 0 aliphatic carbocycles. The first-order valence-corrected chi connectivity index (χ1v) is 6.39. The third kappa shape index (κ3) is 6.45. The van der Waals surface area contributed by atoms with E-state index in [-0.39, 0.29) is 0 Å². The molecule has 0 fully saturated rings. The highest BCUT2D eigenvalue weighted by Gasteiger charge is 2.16. The largest absolute Gasteiger partial charge is 0.0654 e. The van der Waals surface area contributed by atoms with Gasteiger partial charge in [-0.25, -0.2) is 0 Å². The van der Waals surface area contributed by atoms with Crippen molar-refractivity contribution in [2.45, 2.75) is 73.6 Å². The first-order chi connectivity index (χ1) is 6.39. The fourth-order valence-corrected chi connectivity index (χ4v) is 2.04. The lowest BCUT2D eigenvalue weighted by Gasteiger charge is -2.25. The third-order valence-electron chi connectivity index (χ3n) is 3.58. The average molecular weight is 198 g/mol. The molecule has 1 unspecified atom stereocenters. The highest BCUT2D eigenvalue weighted by molar-refractivity contribution is 4.69. The summed E-state index contributed by atoms with van der Waals surface area (Å²) in [4.78, 5) is 0. The van der Waals surface area contributed by atoms with Crippen LogP contribution in [0.2, 0.25) is 0 Å². The van der Waals surface area contributed by atoms with E-state index in [2.05, 4.69) is 41.5 Å². The van der Waals surface area contributed by atoms with E-state index >= 15 is 0 Å². The summed E-state index contributed by atoms with van der Waals surface area (Å²) in [6, 6.07) is 0. The van der Waals surface area contributed by atoms with Crippen LogP contribution in [0.15, 0.2) is 0 Å². The van der Waals surface area contributed by atoms with E-state index < -0.39 is 0 Å². The maximum Gasteiger partial charge on any atom is -0.0354 e. The zero-order valence-electron chi connectivity index (χ0n) is 11.2. The van der Waals surface area contributed by atoms with Crippen molar-refractivity contribution in [3.05, 3.63) is 0 Å². The SMILES string of the molecule is CCCC(C)(C)CCCC(C)C(C)C. The molecule has 0 aromatic carbocycles. The van der Waals surface area contributed by atoms with Gasteiger partial charge in [0.1, 0.15) is 0 Å². The van der Waals surface area contributed by atoms with E-state index in [1.807, 2.05) is 0 Å². The van der Waals surface area contributed by atoms with Crippen molar-refractivity contribution in [1.82, 2.24) is 0 Å². The van der Waals surface area contributed by atoms with Crippen molar-refractivity contribution in [1.29, 1.82) is 0 Å². The first kappa shape index (κ1) is 14.0. The lowest BCUT2D eigenvalue weighted by Crippen LogP contribution is -2.12. The predicted molar refractivity (Wildman–Crippen MR) is 66.5 cm³/mol. The Bertz CT molecular complexity index is 133. The fraction of sp³-hybridized carbons (Fsp3) is 1.00. The summed E-state index contributed by atoms with van der Waals surface area (Å²) in [5.41, 5.74) is 0.575. The Morgan fingerprint density at radius 3 is 2.00 bits per heavy atom. The van der Waals surface area contributed by atoms with Crippen LogP contribution in [-0.2, 0) is 0 Å². The minimum absolute atomic E-state index is 0.575. The molecule has 0 aromatic heterocycles. The summed E-state index contributed by atoms with van der Waals surface area (Å²) in [6.45, 7) is 14.2. The van der Waals surface area contributed by atoms with Gasteiger partial charge in [0.2, 0.25) is 0 Å². The van der Waals surface area contributed by atoms with E-state index in [0.29, 0.717) is 5.41 Å². The van der Waals surface area contributed by atoms with Crippen molar-refractivity contribution in [2.24, 2.45) is 17.3 Å². The molecule has 86 valence electrons. The summed E-state index contributed by atoms with van der Waals surface area (Å²) in [7, 11) is 0. The van der Waals surface area contributed by atoms with Gasteiger partial charge in [0, 0.05) is 0 Å². The summed E-state index contributed by atoms with van der Waals surface area (Å²) >= 11 is 0. The standard InChI is InChI=1S/C14H30/c1-7-10-14(5,6)11-8-9-13(4)12(2)3/h12-13H,7-11H2,1-6H3. The van der Waals surface area contributed by atoms with Gasteiger partial charge in [-0.2, -0.15) is 0 Å². The fourth-order valence-electron chi connectivity index (χ4n) is 2.04. The molecule has 0 aromatic rings. The normalized spacial score (nSPS) is 14.8. The van der Waals surface area contributed by atoms with Gasteiger partial charge in [-0.1, -0.05) is 60.8 Å². The number of rotatable bonds is 7. The van der Waals surface area contributed by atoms with E-state index in [1.165, 1.54) is 32.1 Å². The second kappa shape index (κ2) is 6.48. The van der Waals surface area contributed by atoms with Crippen molar-refractivity contribution >= 4 is 0 Å². The smallest absolute Gasteiger partial charge is 0.0354 e. The minimum atomic E-state index is 0.575. The summed E-state index contributed by atoms with van der Waals surface area (Å²) in [6.07, 6.45) is 6.92. The van der Waals surface area contributed by atoms with Gasteiger partial charge in [-0.3, -0.25) is 0 Å². The van der Waals surface area contributed by atoms with Crippen LogP contribution in [0.5, 0.6) is 0 Å². The Labute approximate surface area is 91.5 Å². The van der Waals surface area contributed by atoms with Crippen molar-refractivity contribution in [3.8, 4) is 0 Å². The quantitative estimate of drug-likeness (QED) is 0.522. The van der Waals surface area contributed by atoms with E-state index in [1.54, 1.807) is 0 Å². The Morgan fingerprint density at radius 2 is 1.57 bits per heavy atom. The molecule has 0 N–H and O–H groups in total. The van der Waals surface area contributed by atoms with Gasteiger partial charge >= 0.3 is 0 Å². The molecule has 0 heteroatoms. The zero-order chi connectivity index (χ0) is 11.2. The van der Waals surface area contributed by atoms with E-state index in [4.69, 9.17) is 0 Å². The molecule has 0 bridgehead atoms. The van der Waals surface area contributed by atoms with Crippen molar-refractivity contribution < 1.29 is 0 Å². The Hall–Kier alpha value is 0. The Kier molecular flexibility index (Phi) is 6.48. The van der Waals surface area contributed by atoms with E-state index in [0.717, 1.165) is 11.8 Å². The van der Waals surface area contributed by atoms with Crippen LogP contribution in [0.25, 0.3) is 0 Å². The Morgan fingerprint density at radius 1 is 1.00 bits per heavy atom. The van der Waals surface area contributed by atoms with Crippen LogP contribution in [0.1, 0.15) is 73.6 Å². The monoisotopic (exact) mass is 198 g/mol. The lowest BCUT2D eigenvalue weighted by molar-refractivity contribution is 0.272. The molecular weight excluding hydrogens is 168 g/mol. The highest BCUT2D eigenvalue weighted by atomic mass is 14.2. The molecule has 0 spiro atoms. The molecule has 0 nitrogen and oxygen atoms in total. The minimum Gasteiger partial charge on any atom is -0.0654 e. The molecule has 0 aliphatic heterocycles. The van der Waals surface area contributed by atoms with Crippen LogP contribution in [-0.4, -0.2) is 0 Å². The second-order valence-corrected chi connectivity index (χ2v) is 6.03. The molecule has 0 aliphatic rings. The van der Waals surface area contributed by atoms with Gasteiger partial charge in [0.15, 0.2) is 0 Å². The van der Waals surface area contributed by atoms with Crippen LogP contribution in [0.3, 0.4) is 0 Å². The van der Waals surface area contributed by atoms with Gasteiger partial charge in [0.05, 0.1) is 0 Å². The molecule has 14 heavy (non-hydrogen) atoms. The topological polar surface area (TPSA) is 0 Å². The molecule has 0 radical (unpaired) electrons. The molecule has 0 amide bonds. The third-order valence-corrected chi connectivity index (χ3v) is 3.58. The lowest BCUT2D eigenvalue weighted by atomic mass is 9.81. The van der Waals surface area contributed by atoms with Gasteiger partial charge < -0.3 is 0 Å². The summed E-state index contributed by atoms with van der Waals surface area (Å²) in [5.74, 6) is 1.75.